The van der Waals surface area contributed by atoms with Gasteiger partial charge < -0.3 is 0 Å². The van der Waals surface area contributed by atoms with Crippen molar-refractivity contribution >= 4 is 7.94 Å². The maximum atomic E-state index is 12.3. The fourth-order valence-electron chi connectivity index (χ4n) is 5.18. The lowest BCUT2D eigenvalue weighted by molar-refractivity contribution is 0.330. The highest BCUT2D eigenvalue weighted by molar-refractivity contribution is 7.61. The van der Waals surface area contributed by atoms with Gasteiger partial charge in [-0.3, -0.25) is 9.05 Å². The molecular weight excluding hydrogens is 499 g/mol. The zero-order valence-corrected chi connectivity index (χ0v) is 28.2. The zero-order valence-electron chi connectivity index (χ0n) is 27.3. The fourth-order valence-corrected chi connectivity index (χ4v) is 7.02. The molecule has 218 valence electrons. The van der Waals surface area contributed by atoms with E-state index in [2.05, 4.69) is 114 Å². The highest BCUT2D eigenvalue weighted by atomic mass is 31.2. The second kappa shape index (κ2) is 11.0. The summed E-state index contributed by atoms with van der Waals surface area (Å²) in [5.41, 5.74) is 6.87. The van der Waals surface area contributed by atoms with E-state index in [1.54, 1.807) is 0 Å². The Bertz CT molecular complexity index is 1080. The minimum Gasteiger partial charge on any atom is -0.277 e. The summed E-state index contributed by atoms with van der Waals surface area (Å²) in [7, 11) is -3.24. The minimum absolute atomic E-state index is 0.00778. The molecule has 0 aromatic heterocycles. The second-order valence-electron chi connectivity index (χ2n) is 15.8. The maximum Gasteiger partial charge on any atom is 0.495 e. The van der Waals surface area contributed by atoms with Crippen molar-refractivity contribution < 1.29 is 13.9 Å². The van der Waals surface area contributed by atoms with Gasteiger partial charge in [-0.1, -0.05) is 127 Å². The van der Waals surface area contributed by atoms with E-state index in [1.165, 1.54) is 11.1 Å². The molecule has 0 saturated carbocycles. The third kappa shape index (κ3) is 7.59. The quantitative estimate of drug-likeness (QED) is 0.295. The number of fused-ring (bicyclic) bond motifs is 2. The van der Waals surface area contributed by atoms with Crippen molar-refractivity contribution in [3.63, 3.8) is 0 Å². The van der Waals surface area contributed by atoms with Gasteiger partial charge in [0.15, 0.2) is 17.7 Å². The minimum atomic E-state index is -3.24. The molecule has 0 unspecified atom stereocenters. The van der Waals surface area contributed by atoms with Crippen LogP contribution in [0.2, 0.25) is 0 Å². The van der Waals surface area contributed by atoms with Crippen LogP contribution < -0.4 is 9.05 Å². The molecule has 2 aromatic rings. The molecule has 0 fully saturated rings. The largest absolute Gasteiger partial charge is 0.495 e. The lowest BCUT2D eigenvalue weighted by atomic mass is 9.76. The van der Waals surface area contributed by atoms with Gasteiger partial charge in [-0.25, -0.2) is 0 Å². The predicted molar refractivity (Wildman–Crippen MR) is 170 cm³/mol. The Labute approximate surface area is 240 Å². The van der Waals surface area contributed by atoms with Crippen molar-refractivity contribution in [2.75, 3.05) is 6.16 Å². The number of rotatable bonds is 5. The first-order chi connectivity index (χ1) is 17.7. The van der Waals surface area contributed by atoms with Crippen LogP contribution in [0.4, 0.5) is 0 Å². The summed E-state index contributed by atoms with van der Waals surface area (Å²) in [6.45, 7) is 29.3. The maximum absolute atomic E-state index is 12.3. The van der Waals surface area contributed by atoms with Gasteiger partial charge in [-0.05, 0) is 45.6 Å². The van der Waals surface area contributed by atoms with E-state index in [0.717, 1.165) is 59.4 Å². The van der Waals surface area contributed by atoms with E-state index < -0.39 is 7.94 Å². The van der Waals surface area contributed by atoms with Crippen molar-refractivity contribution in [1.29, 1.82) is 0 Å². The summed E-state index contributed by atoms with van der Waals surface area (Å²) in [4.78, 5) is 12.3. The van der Waals surface area contributed by atoms with Gasteiger partial charge in [0.25, 0.3) is 0 Å². The molecule has 1 aliphatic rings. The monoisotopic (exact) mass is 555 g/mol. The Morgan fingerprint density at radius 1 is 0.615 bits per heavy atom. The number of hydrogen-bond donors (Lipinski definition) is 1. The van der Waals surface area contributed by atoms with Crippen molar-refractivity contribution in [2.24, 2.45) is 0 Å². The van der Waals surface area contributed by atoms with E-state index in [4.69, 9.17) is 9.05 Å². The standard InChI is InChI=1S/C35H56O3P/c1-14-15-16-17-18-39(36)37-30-24(20-26(32(2,3)4)22-28(30)34(8,9)10)19-25-21-27(33(5,6)7)23-29(31(25)38-39)35(11,12)13/h20-23,36H,14-19H2,1-13H3/q+1. The van der Waals surface area contributed by atoms with Crippen LogP contribution in [0.5, 0.6) is 11.5 Å². The Kier molecular flexibility index (Phi) is 9.02. The van der Waals surface area contributed by atoms with Gasteiger partial charge in [-0.2, -0.15) is 4.89 Å². The molecule has 4 heteroatoms. The molecular formula is C35H56O3P+. The Morgan fingerprint density at radius 3 is 1.36 bits per heavy atom. The summed E-state index contributed by atoms with van der Waals surface area (Å²) in [5.74, 6) is 1.65. The third-order valence-corrected chi connectivity index (χ3v) is 9.64. The van der Waals surface area contributed by atoms with E-state index in [0.29, 0.717) is 12.6 Å². The van der Waals surface area contributed by atoms with Crippen molar-refractivity contribution in [3.8, 4) is 11.5 Å². The highest BCUT2D eigenvalue weighted by Gasteiger charge is 2.48. The average Bonchev–Trinajstić information content (AvgIpc) is 2.74. The molecule has 0 atom stereocenters. The number of unbranched alkanes of at least 4 members (excludes halogenated alkanes) is 3. The van der Waals surface area contributed by atoms with Gasteiger partial charge in [-0.15, -0.1) is 0 Å². The van der Waals surface area contributed by atoms with E-state index in [1.807, 2.05) is 0 Å². The SMILES string of the molecule is CCCCCC[P+]1(O)Oc2c(cc(C(C)(C)C)cc2C(C)(C)C)Cc2cc(C(C)(C)C)cc(C(C)(C)C)c2O1. The Morgan fingerprint density at radius 2 is 1.03 bits per heavy atom. The first-order valence-corrected chi connectivity index (χ1v) is 16.8. The molecule has 0 amide bonds. The van der Waals surface area contributed by atoms with Gasteiger partial charge in [0.2, 0.25) is 0 Å². The molecule has 0 saturated heterocycles. The first kappa shape index (κ1) is 32.0. The first-order valence-electron chi connectivity index (χ1n) is 15.0. The van der Waals surface area contributed by atoms with Crippen LogP contribution in [-0.2, 0) is 28.1 Å². The van der Waals surface area contributed by atoms with Crippen molar-refractivity contribution in [1.82, 2.24) is 0 Å². The average molecular weight is 556 g/mol. The number of hydrogen-bond acceptors (Lipinski definition) is 3. The Hall–Kier alpha value is -1.57. The normalized spacial score (nSPS) is 15.9. The summed E-state index contributed by atoms with van der Waals surface area (Å²) in [6.07, 6.45) is 5.49. The summed E-state index contributed by atoms with van der Waals surface area (Å²) in [5, 5.41) is 0. The van der Waals surface area contributed by atoms with Crippen LogP contribution >= 0.6 is 7.94 Å². The highest BCUT2D eigenvalue weighted by Crippen LogP contribution is 2.62. The van der Waals surface area contributed by atoms with Gasteiger partial charge >= 0.3 is 7.94 Å². The van der Waals surface area contributed by atoms with E-state index in [-0.39, 0.29) is 21.7 Å². The van der Waals surface area contributed by atoms with Crippen molar-refractivity contribution in [3.05, 3.63) is 57.6 Å². The predicted octanol–water partition coefficient (Wildman–Crippen LogP) is 10.6. The molecule has 3 rings (SSSR count). The van der Waals surface area contributed by atoms with Crippen LogP contribution in [0, 0.1) is 0 Å². The topological polar surface area (TPSA) is 38.7 Å². The van der Waals surface area contributed by atoms with Gasteiger partial charge in [0, 0.05) is 28.7 Å². The summed E-state index contributed by atoms with van der Waals surface area (Å²) >= 11 is 0. The molecule has 0 spiro atoms. The molecule has 0 aliphatic carbocycles. The smallest absolute Gasteiger partial charge is 0.277 e. The van der Waals surface area contributed by atoms with Gasteiger partial charge in [0.1, 0.15) is 0 Å². The van der Waals surface area contributed by atoms with E-state index in [9.17, 15) is 4.89 Å². The zero-order chi connectivity index (χ0) is 29.6. The fraction of sp³-hybridized carbons (Fsp3) is 0.657. The van der Waals surface area contributed by atoms with Crippen LogP contribution in [0.3, 0.4) is 0 Å². The molecule has 3 nitrogen and oxygen atoms in total. The van der Waals surface area contributed by atoms with Crippen LogP contribution in [-0.4, -0.2) is 11.1 Å². The van der Waals surface area contributed by atoms with Crippen molar-refractivity contribution in [2.45, 2.75) is 144 Å². The van der Waals surface area contributed by atoms with Gasteiger partial charge in [0.05, 0.1) is 0 Å². The molecule has 1 aliphatic heterocycles. The molecule has 1 heterocycles. The Balaban J connectivity index is 2.38. The molecule has 0 radical (unpaired) electrons. The molecule has 39 heavy (non-hydrogen) atoms. The molecule has 2 aromatic carbocycles. The lowest BCUT2D eigenvalue weighted by Gasteiger charge is -2.33. The third-order valence-electron chi connectivity index (χ3n) is 7.82. The molecule has 1 N–H and O–H groups in total. The summed E-state index contributed by atoms with van der Waals surface area (Å²) < 4.78 is 13.6. The summed E-state index contributed by atoms with van der Waals surface area (Å²) in [6, 6.07) is 9.24. The van der Waals surface area contributed by atoms with Crippen LogP contribution in [0.15, 0.2) is 24.3 Å². The lowest BCUT2D eigenvalue weighted by Crippen LogP contribution is -2.25. The van der Waals surface area contributed by atoms with Crippen LogP contribution in [0.25, 0.3) is 0 Å². The van der Waals surface area contributed by atoms with Crippen LogP contribution in [0.1, 0.15) is 149 Å². The van der Waals surface area contributed by atoms with E-state index >= 15 is 0 Å². The molecule has 0 bridgehead atoms. The second-order valence-corrected chi connectivity index (χ2v) is 17.9. The number of benzene rings is 2.